The van der Waals surface area contributed by atoms with Gasteiger partial charge in [-0.3, -0.25) is 0 Å². The van der Waals surface area contributed by atoms with Crippen LogP contribution in [0.15, 0.2) is 24.3 Å². The number of halogens is 2. The van der Waals surface area contributed by atoms with Gasteiger partial charge in [0.1, 0.15) is 0 Å². The van der Waals surface area contributed by atoms with Gasteiger partial charge in [-0.15, -0.1) is 0 Å². The Hall–Kier alpha value is -0.930. The molecule has 0 unspecified atom stereocenters. The largest absolute Gasteiger partial charge is 0.504 e. The standard InChI is InChI=1S/C8H6Cl2O3/c9-7(10)8(12)13-6-4-2-1-3-5(6)11/h1-4,7,11H. The number of aromatic hydroxyl groups is 1. The smallest absolute Gasteiger partial charge is 0.344 e. The van der Waals surface area contributed by atoms with E-state index in [2.05, 4.69) is 4.74 Å². The summed E-state index contributed by atoms with van der Waals surface area (Å²) >= 11 is 10.5. The summed E-state index contributed by atoms with van der Waals surface area (Å²) < 4.78 is 4.65. The number of phenolic OH excluding ortho intramolecular Hbond substituents is 1. The van der Waals surface area contributed by atoms with Crippen LogP contribution in [0.3, 0.4) is 0 Å². The van der Waals surface area contributed by atoms with E-state index < -0.39 is 10.8 Å². The number of ether oxygens (including phenoxy) is 1. The van der Waals surface area contributed by atoms with Crippen LogP contribution in [0.1, 0.15) is 0 Å². The van der Waals surface area contributed by atoms with Crippen molar-refractivity contribution in [1.82, 2.24) is 0 Å². The van der Waals surface area contributed by atoms with E-state index in [0.717, 1.165) is 0 Å². The number of hydrogen-bond donors (Lipinski definition) is 1. The molecule has 70 valence electrons. The molecule has 0 atom stereocenters. The molecule has 0 saturated heterocycles. The molecule has 0 aliphatic heterocycles. The molecule has 0 amide bonds. The van der Waals surface area contributed by atoms with E-state index in [-0.39, 0.29) is 11.5 Å². The minimum absolute atomic E-state index is 0.0406. The Balaban J connectivity index is 2.75. The number of alkyl halides is 2. The van der Waals surface area contributed by atoms with Gasteiger partial charge < -0.3 is 9.84 Å². The average molecular weight is 221 g/mol. The van der Waals surface area contributed by atoms with E-state index in [0.29, 0.717) is 0 Å². The van der Waals surface area contributed by atoms with Crippen LogP contribution in [0.2, 0.25) is 0 Å². The van der Waals surface area contributed by atoms with Crippen LogP contribution in [0, 0.1) is 0 Å². The van der Waals surface area contributed by atoms with Crippen LogP contribution in [0.5, 0.6) is 11.5 Å². The molecule has 1 aromatic carbocycles. The lowest BCUT2D eigenvalue weighted by molar-refractivity contribution is -0.132. The predicted octanol–water partition coefficient (Wildman–Crippen LogP) is 2.10. The van der Waals surface area contributed by atoms with Crippen LogP contribution in [-0.2, 0) is 4.79 Å². The number of carbonyl (C=O) groups excluding carboxylic acids is 1. The molecule has 0 aliphatic carbocycles. The van der Waals surface area contributed by atoms with Crippen molar-refractivity contribution >= 4 is 29.2 Å². The summed E-state index contributed by atoms with van der Waals surface area (Å²) in [5, 5.41) is 9.18. The Morgan fingerprint density at radius 2 is 2.00 bits per heavy atom. The first-order valence-electron chi connectivity index (χ1n) is 3.39. The van der Waals surface area contributed by atoms with Crippen LogP contribution < -0.4 is 4.74 Å². The third-order valence-electron chi connectivity index (χ3n) is 1.25. The zero-order valence-electron chi connectivity index (χ0n) is 6.41. The Kier molecular flexibility index (Phi) is 3.39. The van der Waals surface area contributed by atoms with Gasteiger partial charge in [0.2, 0.25) is 4.84 Å². The molecule has 3 nitrogen and oxygen atoms in total. The molecule has 0 aliphatic rings. The maximum absolute atomic E-state index is 10.9. The zero-order valence-corrected chi connectivity index (χ0v) is 7.92. The van der Waals surface area contributed by atoms with Gasteiger partial charge in [0.25, 0.3) is 0 Å². The van der Waals surface area contributed by atoms with Gasteiger partial charge in [0, 0.05) is 0 Å². The van der Waals surface area contributed by atoms with E-state index >= 15 is 0 Å². The molecule has 0 aromatic heterocycles. The monoisotopic (exact) mass is 220 g/mol. The highest BCUT2D eigenvalue weighted by Crippen LogP contribution is 2.25. The van der Waals surface area contributed by atoms with Crippen molar-refractivity contribution in [2.45, 2.75) is 4.84 Å². The average Bonchev–Trinajstić information content (AvgIpc) is 2.08. The molecule has 0 saturated carbocycles. The fraction of sp³-hybridized carbons (Fsp3) is 0.125. The molecule has 0 heterocycles. The van der Waals surface area contributed by atoms with Crippen molar-refractivity contribution in [2.24, 2.45) is 0 Å². The van der Waals surface area contributed by atoms with Gasteiger partial charge in [0.15, 0.2) is 11.5 Å². The summed E-state index contributed by atoms with van der Waals surface area (Å²) in [5.74, 6) is -0.909. The van der Waals surface area contributed by atoms with E-state index in [9.17, 15) is 9.90 Å². The molecule has 1 N–H and O–H groups in total. The van der Waals surface area contributed by atoms with E-state index in [1.807, 2.05) is 0 Å². The molecular weight excluding hydrogens is 215 g/mol. The molecule has 1 rings (SSSR count). The highest BCUT2D eigenvalue weighted by molar-refractivity contribution is 6.53. The molecule has 5 heteroatoms. The van der Waals surface area contributed by atoms with E-state index in [1.165, 1.54) is 12.1 Å². The zero-order chi connectivity index (χ0) is 9.84. The third kappa shape index (κ3) is 2.79. The maximum Gasteiger partial charge on any atom is 0.344 e. The van der Waals surface area contributed by atoms with Gasteiger partial charge in [0.05, 0.1) is 0 Å². The van der Waals surface area contributed by atoms with Crippen molar-refractivity contribution < 1.29 is 14.6 Å². The second-order valence-corrected chi connectivity index (χ2v) is 3.29. The van der Waals surface area contributed by atoms with Gasteiger partial charge in [-0.1, -0.05) is 35.3 Å². The van der Waals surface area contributed by atoms with E-state index in [4.69, 9.17) is 23.2 Å². The number of carbonyl (C=O) groups is 1. The van der Waals surface area contributed by atoms with Crippen LogP contribution in [0.25, 0.3) is 0 Å². The minimum atomic E-state index is -1.25. The molecule has 1 aromatic rings. The normalized spacial score (nSPS) is 10.1. The topological polar surface area (TPSA) is 46.5 Å². The number of benzene rings is 1. The lowest BCUT2D eigenvalue weighted by Crippen LogP contribution is -2.15. The van der Waals surface area contributed by atoms with Crippen LogP contribution >= 0.6 is 23.2 Å². The molecule has 13 heavy (non-hydrogen) atoms. The quantitative estimate of drug-likeness (QED) is 0.472. The SMILES string of the molecule is O=C(Oc1ccccc1O)C(Cl)Cl. The Morgan fingerprint density at radius 3 is 2.54 bits per heavy atom. The summed E-state index contributed by atoms with van der Waals surface area (Å²) in [4.78, 5) is 9.62. The lowest BCUT2D eigenvalue weighted by Gasteiger charge is -2.05. The Morgan fingerprint density at radius 1 is 1.38 bits per heavy atom. The highest BCUT2D eigenvalue weighted by atomic mass is 35.5. The third-order valence-corrected chi connectivity index (χ3v) is 1.61. The number of rotatable bonds is 2. The first-order chi connectivity index (χ1) is 6.11. The van der Waals surface area contributed by atoms with E-state index in [1.54, 1.807) is 12.1 Å². The second kappa shape index (κ2) is 4.35. The second-order valence-electron chi connectivity index (χ2n) is 2.19. The Bertz CT molecular complexity index is 312. The number of hydrogen-bond acceptors (Lipinski definition) is 3. The fourth-order valence-corrected chi connectivity index (χ4v) is 0.785. The lowest BCUT2D eigenvalue weighted by atomic mass is 10.3. The van der Waals surface area contributed by atoms with Crippen molar-refractivity contribution in [1.29, 1.82) is 0 Å². The van der Waals surface area contributed by atoms with Crippen molar-refractivity contribution in [2.75, 3.05) is 0 Å². The molecule has 0 fully saturated rings. The summed E-state index contributed by atoms with van der Waals surface area (Å²) in [6, 6.07) is 6.04. The highest BCUT2D eigenvalue weighted by Gasteiger charge is 2.15. The van der Waals surface area contributed by atoms with Gasteiger partial charge >= 0.3 is 5.97 Å². The number of phenols is 1. The molecule has 0 bridgehead atoms. The van der Waals surface area contributed by atoms with Crippen molar-refractivity contribution in [3.63, 3.8) is 0 Å². The minimum Gasteiger partial charge on any atom is -0.504 e. The van der Waals surface area contributed by atoms with Crippen molar-refractivity contribution in [3.8, 4) is 11.5 Å². The summed E-state index contributed by atoms with van der Waals surface area (Å²) in [5.41, 5.74) is 0. The fourth-order valence-electron chi connectivity index (χ4n) is 0.696. The summed E-state index contributed by atoms with van der Waals surface area (Å²) in [6.45, 7) is 0. The number of esters is 1. The predicted molar refractivity (Wildman–Crippen MR) is 49.2 cm³/mol. The van der Waals surface area contributed by atoms with Gasteiger partial charge in [-0.25, -0.2) is 4.79 Å². The van der Waals surface area contributed by atoms with Gasteiger partial charge in [-0.05, 0) is 12.1 Å². The van der Waals surface area contributed by atoms with Crippen molar-refractivity contribution in [3.05, 3.63) is 24.3 Å². The van der Waals surface area contributed by atoms with Crippen LogP contribution in [0.4, 0.5) is 0 Å². The first kappa shape index (κ1) is 10.2. The molecular formula is C8H6Cl2O3. The number of para-hydroxylation sites is 2. The Labute approximate surface area is 84.8 Å². The molecule has 0 spiro atoms. The maximum atomic E-state index is 10.9. The first-order valence-corrected chi connectivity index (χ1v) is 4.26. The van der Waals surface area contributed by atoms with Crippen LogP contribution in [-0.4, -0.2) is 15.9 Å². The molecule has 0 radical (unpaired) electrons. The summed E-state index contributed by atoms with van der Waals surface area (Å²) in [7, 11) is 0. The summed E-state index contributed by atoms with van der Waals surface area (Å²) in [6.07, 6.45) is 0. The van der Waals surface area contributed by atoms with Gasteiger partial charge in [-0.2, -0.15) is 0 Å².